The van der Waals surface area contributed by atoms with Gasteiger partial charge >= 0.3 is 0 Å². The third kappa shape index (κ3) is 3.05. The average molecular weight is 243 g/mol. The number of nitrogens with zero attached hydrogens (tertiary/aromatic N) is 2. The zero-order chi connectivity index (χ0) is 12.8. The Balaban J connectivity index is 2.12. The molecular weight excluding hydrogens is 226 g/mol. The molecule has 2 rings (SSSR count). The van der Waals surface area contributed by atoms with Crippen molar-refractivity contribution >= 4 is 5.82 Å². The van der Waals surface area contributed by atoms with Gasteiger partial charge in [-0.05, 0) is 24.1 Å². The monoisotopic (exact) mass is 243 g/mol. The predicted molar refractivity (Wildman–Crippen MR) is 72.4 cm³/mol. The maximum absolute atomic E-state index is 8.70. The summed E-state index contributed by atoms with van der Waals surface area (Å²) in [5, 5.41) is 19.9. The first-order valence-electron chi connectivity index (χ1n) is 6.11. The molecule has 2 N–H and O–H groups in total. The number of aliphatic hydroxyl groups is 1. The molecule has 4 nitrogen and oxygen atoms in total. The van der Waals surface area contributed by atoms with Crippen molar-refractivity contribution in [1.82, 2.24) is 10.2 Å². The van der Waals surface area contributed by atoms with E-state index in [0.29, 0.717) is 12.4 Å². The average Bonchev–Trinajstić information content (AvgIpc) is 2.46. The zero-order valence-electron chi connectivity index (χ0n) is 10.4. The Morgan fingerprint density at radius 1 is 1.06 bits per heavy atom. The van der Waals surface area contributed by atoms with Gasteiger partial charge in [-0.1, -0.05) is 31.2 Å². The smallest absolute Gasteiger partial charge is 0.148 e. The standard InChI is InChI=1S/C14H17N3O/c1-2-11-3-5-12(6-4-11)13-7-8-14(17-16-13)15-9-10-18/h3-8,18H,2,9-10H2,1H3,(H,15,17). The fourth-order valence-corrected chi connectivity index (χ4v) is 1.68. The summed E-state index contributed by atoms with van der Waals surface area (Å²) in [6.07, 6.45) is 1.04. The summed E-state index contributed by atoms with van der Waals surface area (Å²) in [7, 11) is 0. The number of benzene rings is 1. The van der Waals surface area contributed by atoms with Crippen LogP contribution < -0.4 is 5.32 Å². The summed E-state index contributed by atoms with van der Waals surface area (Å²) in [5.41, 5.74) is 3.23. The number of aliphatic hydroxyl groups excluding tert-OH is 1. The third-order valence-electron chi connectivity index (χ3n) is 2.74. The summed E-state index contributed by atoms with van der Waals surface area (Å²) in [5.74, 6) is 0.679. The van der Waals surface area contributed by atoms with Gasteiger partial charge in [-0.3, -0.25) is 0 Å². The van der Waals surface area contributed by atoms with E-state index in [1.807, 2.05) is 12.1 Å². The molecule has 0 aliphatic rings. The van der Waals surface area contributed by atoms with E-state index in [4.69, 9.17) is 5.11 Å². The van der Waals surface area contributed by atoms with E-state index in [1.165, 1.54) is 5.56 Å². The molecule has 2 aromatic rings. The summed E-state index contributed by atoms with van der Waals surface area (Å²) < 4.78 is 0. The molecule has 0 unspecified atom stereocenters. The molecule has 0 amide bonds. The molecule has 0 bridgehead atoms. The zero-order valence-corrected chi connectivity index (χ0v) is 10.4. The molecule has 18 heavy (non-hydrogen) atoms. The lowest BCUT2D eigenvalue weighted by atomic mass is 10.1. The van der Waals surface area contributed by atoms with Crippen molar-refractivity contribution < 1.29 is 5.11 Å². The van der Waals surface area contributed by atoms with Gasteiger partial charge in [0.05, 0.1) is 12.3 Å². The highest BCUT2D eigenvalue weighted by Crippen LogP contribution is 2.17. The molecule has 1 heterocycles. The lowest BCUT2D eigenvalue weighted by Gasteiger charge is -2.04. The summed E-state index contributed by atoms with van der Waals surface area (Å²) in [6, 6.07) is 12.1. The molecule has 0 aliphatic carbocycles. The van der Waals surface area contributed by atoms with Crippen molar-refractivity contribution in [3.8, 4) is 11.3 Å². The second-order valence-electron chi connectivity index (χ2n) is 4.00. The summed E-state index contributed by atoms with van der Waals surface area (Å²) in [6.45, 7) is 2.71. The van der Waals surface area contributed by atoms with Crippen molar-refractivity contribution in [3.05, 3.63) is 42.0 Å². The predicted octanol–water partition coefficient (Wildman–Crippen LogP) is 2.11. The normalized spacial score (nSPS) is 10.3. The van der Waals surface area contributed by atoms with Gasteiger partial charge in [-0.25, -0.2) is 0 Å². The van der Waals surface area contributed by atoms with E-state index in [2.05, 4.69) is 46.7 Å². The first kappa shape index (κ1) is 12.5. The van der Waals surface area contributed by atoms with Crippen LogP contribution in [-0.2, 0) is 6.42 Å². The van der Waals surface area contributed by atoms with Crippen LogP contribution in [0.3, 0.4) is 0 Å². The lowest BCUT2D eigenvalue weighted by Crippen LogP contribution is -2.07. The van der Waals surface area contributed by atoms with Crippen LogP contribution in [0, 0.1) is 0 Å². The van der Waals surface area contributed by atoms with E-state index >= 15 is 0 Å². The van der Waals surface area contributed by atoms with E-state index in [0.717, 1.165) is 17.7 Å². The number of nitrogens with one attached hydrogen (secondary N) is 1. The number of aromatic nitrogens is 2. The van der Waals surface area contributed by atoms with Crippen LogP contribution in [0.25, 0.3) is 11.3 Å². The van der Waals surface area contributed by atoms with Crippen LogP contribution in [-0.4, -0.2) is 28.5 Å². The van der Waals surface area contributed by atoms with Crippen LogP contribution in [0.4, 0.5) is 5.82 Å². The molecule has 0 saturated heterocycles. The molecule has 0 radical (unpaired) electrons. The first-order valence-corrected chi connectivity index (χ1v) is 6.11. The number of rotatable bonds is 5. The number of hydrogen-bond acceptors (Lipinski definition) is 4. The highest BCUT2D eigenvalue weighted by molar-refractivity contribution is 5.59. The SMILES string of the molecule is CCc1ccc(-c2ccc(NCCO)nn2)cc1. The maximum Gasteiger partial charge on any atom is 0.148 e. The third-order valence-corrected chi connectivity index (χ3v) is 2.74. The number of hydrogen-bond donors (Lipinski definition) is 2. The van der Waals surface area contributed by atoms with Crippen LogP contribution in [0.5, 0.6) is 0 Å². The van der Waals surface area contributed by atoms with Gasteiger partial charge in [0.25, 0.3) is 0 Å². The molecular formula is C14H17N3O. The quantitative estimate of drug-likeness (QED) is 0.844. The van der Waals surface area contributed by atoms with Crippen LogP contribution in [0.2, 0.25) is 0 Å². The minimum absolute atomic E-state index is 0.0852. The first-order chi connectivity index (χ1) is 8.83. The molecule has 4 heteroatoms. The Labute approximate surface area is 107 Å². The van der Waals surface area contributed by atoms with Crippen molar-refractivity contribution in [2.45, 2.75) is 13.3 Å². The van der Waals surface area contributed by atoms with E-state index in [9.17, 15) is 0 Å². The van der Waals surface area contributed by atoms with Gasteiger partial charge in [-0.15, -0.1) is 10.2 Å². The summed E-state index contributed by atoms with van der Waals surface area (Å²) >= 11 is 0. The highest BCUT2D eigenvalue weighted by Gasteiger charge is 2.00. The topological polar surface area (TPSA) is 58.0 Å². The lowest BCUT2D eigenvalue weighted by molar-refractivity contribution is 0.311. The fraction of sp³-hybridized carbons (Fsp3) is 0.286. The largest absolute Gasteiger partial charge is 0.395 e. The number of aryl methyl sites for hydroxylation is 1. The van der Waals surface area contributed by atoms with Gasteiger partial charge in [-0.2, -0.15) is 0 Å². The Bertz CT molecular complexity index is 479. The molecule has 1 aromatic carbocycles. The van der Waals surface area contributed by atoms with Crippen LogP contribution in [0.15, 0.2) is 36.4 Å². The van der Waals surface area contributed by atoms with E-state index in [1.54, 1.807) is 0 Å². The van der Waals surface area contributed by atoms with Gasteiger partial charge in [0, 0.05) is 12.1 Å². The minimum Gasteiger partial charge on any atom is -0.395 e. The molecule has 0 fully saturated rings. The van der Waals surface area contributed by atoms with Crippen molar-refractivity contribution in [1.29, 1.82) is 0 Å². The van der Waals surface area contributed by atoms with E-state index in [-0.39, 0.29) is 6.61 Å². The minimum atomic E-state index is 0.0852. The Morgan fingerprint density at radius 2 is 1.83 bits per heavy atom. The second kappa shape index (κ2) is 6.12. The van der Waals surface area contributed by atoms with E-state index < -0.39 is 0 Å². The molecule has 94 valence electrons. The maximum atomic E-state index is 8.70. The Kier molecular flexibility index (Phi) is 4.25. The van der Waals surface area contributed by atoms with Crippen molar-refractivity contribution in [2.75, 3.05) is 18.5 Å². The molecule has 1 aromatic heterocycles. The Morgan fingerprint density at radius 3 is 2.39 bits per heavy atom. The molecule has 0 saturated carbocycles. The molecule has 0 spiro atoms. The van der Waals surface area contributed by atoms with Crippen molar-refractivity contribution in [2.24, 2.45) is 0 Å². The second-order valence-corrected chi connectivity index (χ2v) is 4.00. The molecule has 0 atom stereocenters. The number of anilines is 1. The highest BCUT2D eigenvalue weighted by atomic mass is 16.3. The van der Waals surface area contributed by atoms with Gasteiger partial charge in [0.1, 0.15) is 5.82 Å². The Hall–Kier alpha value is -1.94. The van der Waals surface area contributed by atoms with Crippen LogP contribution >= 0.6 is 0 Å². The fourth-order valence-electron chi connectivity index (χ4n) is 1.68. The summed E-state index contributed by atoms with van der Waals surface area (Å²) in [4.78, 5) is 0. The van der Waals surface area contributed by atoms with Gasteiger partial charge in [0.15, 0.2) is 0 Å². The van der Waals surface area contributed by atoms with Crippen molar-refractivity contribution in [3.63, 3.8) is 0 Å². The van der Waals surface area contributed by atoms with Crippen LogP contribution in [0.1, 0.15) is 12.5 Å². The molecule has 0 aliphatic heterocycles. The van der Waals surface area contributed by atoms with Gasteiger partial charge < -0.3 is 10.4 Å². The van der Waals surface area contributed by atoms with Gasteiger partial charge in [0.2, 0.25) is 0 Å².